The van der Waals surface area contributed by atoms with Crippen LogP contribution in [0.5, 0.6) is 5.75 Å². The summed E-state index contributed by atoms with van der Waals surface area (Å²) in [6, 6.07) is 2.65. The second kappa shape index (κ2) is 8.02. The van der Waals surface area contributed by atoms with Gasteiger partial charge in [-0.15, -0.1) is 0 Å². The van der Waals surface area contributed by atoms with Crippen LogP contribution in [-0.2, 0) is 9.53 Å². The third kappa shape index (κ3) is 4.90. The van der Waals surface area contributed by atoms with Gasteiger partial charge < -0.3 is 25.2 Å². The fourth-order valence-electron chi connectivity index (χ4n) is 1.89. The van der Waals surface area contributed by atoms with Gasteiger partial charge in [0.05, 0.1) is 13.2 Å². The number of carbonyl (C=O) groups excluding carboxylic acids is 1. The summed E-state index contributed by atoms with van der Waals surface area (Å²) < 4.78 is 36.0. The van der Waals surface area contributed by atoms with E-state index in [0.717, 1.165) is 12.1 Å². The molecule has 1 saturated heterocycles. The van der Waals surface area contributed by atoms with Crippen molar-refractivity contribution in [1.82, 2.24) is 10.6 Å². The van der Waals surface area contributed by atoms with Crippen LogP contribution in [0.15, 0.2) is 18.2 Å². The molecule has 0 aromatic heterocycles. The zero-order valence-electron chi connectivity index (χ0n) is 11.9. The molecule has 2 unspecified atom stereocenters. The van der Waals surface area contributed by atoms with Crippen molar-refractivity contribution in [1.29, 1.82) is 0 Å². The molecule has 1 fully saturated rings. The van der Waals surface area contributed by atoms with Crippen LogP contribution in [0, 0.1) is 11.6 Å². The van der Waals surface area contributed by atoms with E-state index in [0.29, 0.717) is 13.2 Å². The molecular formula is C14H18F2N2O4. The van der Waals surface area contributed by atoms with Crippen LogP contribution >= 0.6 is 0 Å². The summed E-state index contributed by atoms with van der Waals surface area (Å²) >= 11 is 0. The second-order valence-electron chi connectivity index (χ2n) is 4.87. The number of aliphatic hydroxyl groups excluding tert-OH is 1. The first-order valence-corrected chi connectivity index (χ1v) is 6.91. The van der Waals surface area contributed by atoms with E-state index in [1.54, 1.807) is 0 Å². The van der Waals surface area contributed by atoms with Gasteiger partial charge in [-0.05, 0) is 12.1 Å². The third-order valence-electron chi connectivity index (χ3n) is 3.08. The van der Waals surface area contributed by atoms with E-state index in [1.807, 2.05) is 0 Å². The molecule has 0 radical (unpaired) electrons. The van der Waals surface area contributed by atoms with Gasteiger partial charge >= 0.3 is 0 Å². The van der Waals surface area contributed by atoms with Crippen molar-refractivity contribution < 1.29 is 28.2 Å². The summed E-state index contributed by atoms with van der Waals surface area (Å²) in [7, 11) is 0. The van der Waals surface area contributed by atoms with Crippen molar-refractivity contribution in [3.63, 3.8) is 0 Å². The van der Waals surface area contributed by atoms with Gasteiger partial charge in [-0.25, -0.2) is 8.78 Å². The van der Waals surface area contributed by atoms with Gasteiger partial charge in [0.25, 0.3) is 0 Å². The molecule has 1 amide bonds. The molecule has 6 nitrogen and oxygen atoms in total. The van der Waals surface area contributed by atoms with Crippen LogP contribution in [0.4, 0.5) is 8.78 Å². The van der Waals surface area contributed by atoms with E-state index in [-0.39, 0.29) is 31.4 Å². The van der Waals surface area contributed by atoms with Crippen LogP contribution in [0.2, 0.25) is 0 Å². The van der Waals surface area contributed by atoms with E-state index in [4.69, 9.17) is 9.47 Å². The second-order valence-corrected chi connectivity index (χ2v) is 4.87. The number of carbonyl (C=O) groups is 1. The summed E-state index contributed by atoms with van der Waals surface area (Å²) in [5.74, 6) is -2.16. The number of hydrogen-bond donors (Lipinski definition) is 3. The number of ether oxygens (including phenoxy) is 2. The number of hydrogen-bond acceptors (Lipinski definition) is 5. The summed E-state index contributed by atoms with van der Waals surface area (Å²) in [5, 5.41) is 15.3. The van der Waals surface area contributed by atoms with Crippen LogP contribution in [0.25, 0.3) is 0 Å². The Bertz CT molecular complexity index is 510. The largest absolute Gasteiger partial charge is 0.491 e. The minimum atomic E-state index is -1.02. The lowest BCUT2D eigenvalue weighted by Crippen LogP contribution is -2.52. The predicted molar refractivity (Wildman–Crippen MR) is 73.5 cm³/mol. The van der Waals surface area contributed by atoms with Crippen molar-refractivity contribution in [2.45, 2.75) is 12.1 Å². The quantitative estimate of drug-likeness (QED) is 0.678. The molecule has 122 valence electrons. The third-order valence-corrected chi connectivity index (χ3v) is 3.08. The topological polar surface area (TPSA) is 79.8 Å². The highest BCUT2D eigenvalue weighted by Crippen LogP contribution is 2.15. The first-order valence-electron chi connectivity index (χ1n) is 6.91. The van der Waals surface area contributed by atoms with E-state index in [9.17, 15) is 18.7 Å². The molecule has 2 rings (SSSR count). The Morgan fingerprint density at radius 1 is 1.50 bits per heavy atom. The Balaban J connectivity index is 1.69. The molecular weight excluding hydrogens is 298 g/mol. The Morgan fingerprint density at radius 2 is 2.32 bits per heavy atom. The van der Waals surface area contributed by atoms with Crippen molar-refractivity contribution in [2.24, 2.45) is 0 Å². The van der Waals surface area contributed by atoms with Crippen LogP contribution in [0.3, 0.4) is 0 Å². The van der Waals surface area contributed by atoms with Gasteiger partial charge in [-0.1, -0.05) is 0 Å². The van der Waals surface area contributed by atoms with Gasteiger partial charge in [0.1, 0.15) is 24.5 Å². The molecule has 1 aliphatic rings. The summed E-state index contributed by atoms with van der Waals surface area (Å²) in [6.07, 6.45) is -0.971. The summed E-state index contributed by atoms with van der Waals surface area (Å²) in [4.78, 5) is 11.8. The van der Waals surface area contributed by atoms with Crippen LogP contribution in [0.1, 0.15) is 0 Å². The maximum absolute atomic E-state index is 13.0. The maximum Gasteiger partial charge on any atom is 0.239 e. The van der Waals surface area contributed by atoms with E-state index in [2.05, 4.69) is 10.6 Å². The number of rotatable bonds is 6. The minimum Gasteiger partial charge on any atom is -0.491 e. The Labute approximate surface area is 126 Å². The standard InChI is InChI=1S/C14H18F2N2O4/c15-11-2-1-10(5-12(11)16)22-7-9(19)6-18-14(20)13-8-21-4-3-17-13/h1-2,5,9,13,17,19H,3-4,6-8H2,(H,18,20). The van der Waals surface area contributed by atoms with Crippen molar-refractivity contribution in [2.75, 3.05) is 32.9 Å². The number of aliphatic hydroxyl groups is 1. The van der Waals surface area contributed by atoms with Crippen molar-refractivity contribution in [3.05, 3.63) is 29.8 Å². The zero-order chi connectivity index (χ0) is 15.9. The highest BCUT2D eigenvalue weighted by Gasteiger charge is 2.21. The maximum atomic E-state index is 13.0. The number of benzene rings is 1. The van der Waals surface area contributed by atoms with E-state index in [1.165, 1.54) is 6.07 Å². The van der Waals surface area contributed by atoms with E-state index < -0.39 is 23.8 Å². The van der Waals surface area contributed by atoms with Crippen LogP contribution in [-0.4, -0.2) is 56.1 Å². The molecule has 0 aliphatic carbocycles. The summed E-state index contributed by atoms with van der Waals surface area (Å²) in [5.41, 5.74) is 0. The van der Waals surface area contributed by atoms with Gasteiger partial charge in [-0.3, -0.25) is 4.79 Å². The minimum absolute atomic E-state index is 0.0132. The molecule has 1 heterocycles. The molecule has 22 heavy (non-hydrogen) atoms. The molecule has 8 heteroatoms. The molecule has 1 aromatic rings. The SMILES string of the molecule is O=C(NCC(O)COc1ccc(F)c(F)c1)C1COCCN1. The highest BCUT2D eigenvalue weighted by molar-refractivity contribution is 5.82. The Hall–Kier alpha value is -1.77. The number of nitrogens with one attached hydrogen (secondary N) is 2. The molecule has 1 aliphatic heterocycles. The number of halogens is 2. The van der Waals surface area contributed by atoms with Gasteiger partial charge in [0.15, 0.2) is 11.6 Å². The Morgan fingerprint density at radius 3 is 3.00 bits per heavy atom. The molecule has 2 atom stereocenters. The first-order chi connectivity index (χ1) is 10.6. The monoisotopic (exact) mass is 316 g/mol. The van der Waals surface area contributed by atoms with Crippen molar-refractivity contribution in [3.8, 4) is 5.75 Å². The van der Waals surface area contributed by atoms with Crippen molar-refractivity contribution >= 4 is 5.91 Å². The average Bonchev–Trinajstić information content (AvgIpc) is 2.54. The van der Waals surface area contributed by atoms with Gasteiger partial charge in [-0.2, -0.15) is 0 Å². The predicted octanol–water partition coefficient (Wildman–Crippen LogP) is -0.191. The van der Waals surface area contributed by atoms with E-state index >= 15 is 0 Å². The lowest BCUT2D eigenvalue weighted by atomic mass is 10.2. The van der Waals surface area contributed by atoms with Gasteiger partial charge in [0.2, 0.25) is 5.91 Å². The zero-order valence-corrected chi connectivity index (χ0v) is 11.9. The molecule has 0 bridgehead atoms. The van der Waals surface area contributed by atoms with Gasteiger partial charge in [0, 0.05) is 19.2 Å². The molecule has 1 aromatic carbocycles. The Kier molecular flexibility index (Phi) is 6.05. The summed E-state index contributed by atoms with van der Waals surface area (Å²) in [6.45, 7) is 1.28. The lowest BCUT2D eigenvalue weighted by molar-refractivity contribution is -0.126. The highest BCUT2D eigenvalue weighted by atomic mass is 19.2. The molecule has 0 saturated carbocycles. The molecule has 3 N–H and O–H groups in total. The average molecular weight is 316 g/mol. The normalized spacial score (nSPS) is 19.5. The number of morpholine rings is 1. The number of amides is 1. The smallest absolute Gasteiger partial charge is 0.239 e. The molecule has 0 spiro atoms. The fourth-order valence-corrected chi connectivity index (χ4v) is 1.89. The fraction of sp³-hybridized carbons (Fsp3) is 0.500. The first kappa shape index (κ1) is 16.6. The lowest BCUT2D eigenvalue weighted by Gasteiger charge is -2.23. The van der Waals surface area contributed by atoms with Crippen LogP contribution < -0.4 is 15.4 Å².